The molecule has 0 radical (unpaired) electrons. The molecule has 0 heterocycles. The summed E-state index contributed by atoms with van der Waals surface area (Å²) >= 11 is 0. The normalized spacial score (nSPS) is 50.2. The monoisotopic (exact) mass is 168 g/mol. The molecular weight excluding hydrogens is 152 g/mol. The maximum Gasteiger partial charge on any atom is 0.165 e. The first-order valence-electron chi connectivity index (χ1n) is 4.63. The molecule has 2 aliphatic carbocycles. The summed E-state index contributed by atoms with van der Waals surface area (Å²) in [6, 6.07) is 0. The second-order valence-electron chi connectivity index (χ2n) is 5.04. The summed E-state index contributed by atoms with van der Waals surface area (Å²) in [6.45, 7) is 6.26. The zero-order valence-electron chi connectivity index (χ0n) is 7.92. The molecule has 0 amide bonds. The van der Waals surface area contributed by atoms with Gasteiger partial charge < -0.3 is 5.11 Å². The second kappa shape index (κ2) is 1.92. The zero-order valence-corrected chi connectivity index (χ0v) is 7.92. The number of carbonyl (C=O) groups is 1. The first kappa shape index (κ1) is 8.24. The lowest BCUT2D eigenvalue weighted by Crippen LogP contribution is -2.37. The van der Waals surface area contributed by atoms with Crippen molar-refractivity contribution in [3.05, 3.63) is 0 Å². The summed E-state index contributed by atoms with van der Waals surface area (Å²) in [5, 5.41) is 9.73. The molecule has 0 aliphatic heterocycles. The van der Waals surface area contributed by atoms with Crippen molar-refractivity contribution in [1.82, 2.24) is 0 Å². The van der Waals surface area contributed by atoms with E-state index in [1.807, 2.05) is 6.92 Å². The molecule has 3 atom stereocenters. The number of aliphatic hydroxyl groups excluding tert-OH is 1. The Morgan fingerprint density at radius 3 is 2.25 bits per heavy atom. The number of rotatable bonds is 0. The molecule has 2 aliphatic rings. The van der Waals surface area contributed by atoms with Crippen molar-refractivity contribution in [2.45, 2.75) is 39.7 Å². The number of hydrogen-bond donors (Lipinski definition) is 1. The summed E-state index contributed by atoms with van der Waals surface area (Å²) in [5.74, 6) is 0.186. The molecule has 0 aromatic rings. The lowest BCUT2D eigenvalue weighted by atomic mass is 9.70. The van der Waals surface area contributed by atoms with Crippen molar-refractivity contribution in [3.8, 4) is 0 Å². The zero-order chi connectivity index (χ0) is 9.15. The van der Waals surface area contributed by atoms with Crippen molar-refractivity contribution in [2.75, 3.05) is 0 Å². The molecule has 1 N–H and O–H groups in total. The van der Waals surface area contributed by atoms with Crippen LogP contribution in [0.2, 0.25) is 0 Å². The van der Waals surface area contributed by atoms with Crippen LogP contribution in [0, 0.1) is 16.7 Å². The number of ketones is 1. The Bertz CT molecular complexity index is 244. The highest BCUT2D eigenvalue weighted by Crippen LogP contribution is 2.63. The molecule has 0 spiro atoms. The van der Waals surface area contributed by atoms with Crippen LogP contribution in [0.4, 0.5) is 0 Å². The summed E-state index contributed by atoms with van der Waals surface area (Å²) in [7, 11) is 0. The summed E-state index contributed by atoms with van der Waals surface area (Å²) in [5.41, 5.74) is -0.155. The summed E-state index contributed by atoms with van der Waals surface area (Å²) < 4.78 is 0. The number of Topliss-reactive ketones (excluding diaryl/α,β-unsaturated/α-hetero) is 1. The Morgan fingerprint density at radius 2 is 2.00 bits per heavy atom. The van der Waals surface area contributed by atoms with E-state index in [4.69, 9.17) is 0 Å². The minimum atomic E-state index is -0.703. The smallest absolute Gasteiger partial charge is 0.165 e. The molecule has 2 heteroatoms. The van der Waals surface area contributed by atoms with Gasteiger partial charge in [-0.3, -0.25) is 4.79 Å². The van der Waals surface area contributed by atoms with Gasteiger partial charge in [0.1, 0.15) is 6.10 Å². The van der Waals surface area contributed by atoms with E-state index in [0.29, 0.717) is 0 Å². The van der Waals surface area contributed by atoms with Crippen LogP contribution in [0.1, 0.15) is 33.6 Å². The minimum Gasteiger partial charge on any atom is -0.385 e. The fourth-order valence-electron chi connectivity index (χ4n) is 3.02. The first-order valence-corrected chi connectivity index (χ1v) is 4.63. The van der Waals surface area contributed by atoms with Crippen LogP contribution in [0.3, 0.4) is 0 Å². The molecule has 12 heavy (non-hydrogen) atoms. The van der Waals surface area contributed by atoms with Crippen LogP contribution in [0.25, 0.3) is 0 Å². The van der Waals surface area contributed by atoms with Gasteiger partial charge in [0.25, 0.3) is 0 Å². The molecule has 0 aromatic carbocycles. The number of hydrogen-bond acceptors (Lipinski definition) is 2. The topological polar surface area (TPSA) is 37.3 Å². The maximum absolute atomic E-state index is 11.5. The van der Waals surface area contributed by atoms with Gasteiger partial charge in [0.15, 0.2) is 5.78 Å². The molecule has 0 unspecified atom stereocenters. The van der Waals surface area contributed by atoms with E-state index >= 15 is 0 Å². The molecule has 0 saturated heterocycles. The molecule has 0 aromatic heterocycles. The Labute approximate surface area is 73.0 Å². The molecule has 2 saturated carbocycles. The Balaban J connectivity index is 2.50. The maximum atomic E-state index is 11.5. The SMILES string of the molecule is CC1(C)[C@H]2CC[C@@]1(C)[C@H](O)C2=O. The van der Waals surface area contributed by atoms with Crippen LogP contribution in [-0.4, -0.2) is 17.0 Å². The Hall–Kier alpha value is -0.370. The predicted molar refractivity (Wildman–Crippen MR) is 45.6 cm³/mol. The van der Waals surface area contributed by atoms with Gasteiger partial charge in [-0.2, -0.15) is 0 Å². The van der Waals surface area contributed by atoms with Crippen LogP contribution >= 0.6 is 0 Å². The van der Waals surface area contributed by atoms with Crippen LogP contribution in [0.15, 0.2) is 0 Å². The fourth-order valence-corrected chi connectivity index (χ4v) is 3.02. The Morgan fingerprint density at radius 1 is 1.42 bits per heavy atom. The van der Waals surface area contributed by atoms with E-state index in [9.17, 15) is 9.90 Å². The fraction of sp³-hybridized carbons (Fsp3) is 0.900. The molecule has 2 nitrogen and oxygen atoms in total. The second-order valence-corrected chi connectivity index (χ2v) is 5.04. The molecule has 68 valence electrons. The third-order valence-corrected chi connectivity index (χ3v) is 4.51. The molecule has 2 rings (SSSR count). The highest BCUT2D eigenvalue weighted by atomic mass is 16.3. The van der Waals surface area contributed by atoms with Crippen molar-refractivity contribution < 1.29 is 9.90 Å². The molecular formula is C10H16O2. The number of fused-ring (bicyclic) bond motifs is 2. The predicted octanol–water partition coefficient (Wildman–Crippen LogP) is 1.37. The van der Waals surface area contributed by atoms with Gasteiger partial charge in [-0.05, 0) is 18.3 Å². The molecule has 2 bridgehead atoms. The van der Waals surface area contributed by atoms with Gasteiger partial charge >= 0.3 is 0 Å². The van der Waals surface area contributed by atoms with Crippen molar-refractivity contribution >= 4 is 5.78 Å². The summed E-state index contributed by atoms with van der Waals surface area (Å²) in [4.78, 5) is 11.5. The van der Waals surface area contributed by atoms with Gasteiger partial charge in [-0.1, -0.05) is 20.8 Å². The van der Waals surface area contributed by atoms with Crippen LogP contribution < -0.4 is 0 Å². The average molecular weight is 168 g/mol. The van der Waals surface area contributed by atoms with Gasteiger partial charge in [-0.25, -0.2) is 0 Å². The van der Waals surface area contributed by atoms with Crippen LogP contribution in [0.5, 0.6) is 0 Å². The van der Waals surface area contributed by atoms with E-state index in [-0.39, 0.29) is 22.5 Å². The van der Waals surface area contributed by atoms with E-state index in [1.165, 1.54) is 0 Å². The Kier molecular flexibility index (Phi) is 1.32. The standard InChI is InChI=1S/C10H16O2/c1-9(2)6-4-5-10(9,3)8(12)7(6)11/h6,8,12H,4-5H2,1-3H3/t6-,8+,10-/m0/s1. The van der Waals surface area contributed by atoms with E-state index in [1.54, 1.807) is 0 Å². The number of aliphatic hydroxyl groups is 1. The lowest BCUT2D eigenvalue weighted by molar-refractivity contribution is -0.132. The largest absolute Gasteiger partial charge is 0.385 e. The van der Waals surface area contributed by atoms with Gasteiger partial charge in [0.05, 0.1) is 0 Å². The minimum absolute atomic E-state index is 0.00347. The van der Waals surface area contributed by atoms with Gasteiger partial charge in [0, 0.05) is 11.3 Å². The quantitative estimate of drug-likeness (QED) is 0.593. The van der Waals surface area contributed by atoms with Crippen molar-refractivity contribution in [1.29, 1.82) is 0 Å². The third-order valence-electron chi connectivity index (χ3n) is 4.51. The average Bonchev–Trinajstić information content (AvgIpc) is 2.26. The van der Waals surface area contributed by atoms with Gasteiger partial charge in [-0.15, -0.1) is 0 Å². The van der Waals surface area contributed by atoms with E-state index < -0.39 is 6.10 Å². The molecule has 2 fully saturated rings. The lowest BCUT2D eigenvalue weighted by Gasteiger charge is -2.35. The highest BCUT2D eigenvalue weighted by Gasteiger charge is 2.65. The van der Waals surface area contributed by atoms with Crippen LogP contribution in [-0.2, 0) is 4.79 Å². The third kappa shape index (κ3) is 0.598. The highest BCUT2D eigenvalue weighted by molar-refractivity contribution is 5.90. The first-order chi connectivity index (χ1) is 5.41. The van der Waals surface area contributed by atoms with E-state index in [2.05, 4.69) is 13.8 Å². The van der Waals surface area contributed by atoms with Crippen molar-refractivity contribution in [2.24, 2.45) is 16.7 Å². The number of carbonyl (C=O) groups excluding carboxylic acids is 1. The van der Waals surface area contributed by atoms with Gasteiger partial charge in [0.2, 0.25) is 0 Å². The summed E-state index contributed by atoms with van der Waals surface area (Å²) in [6.07, 6.45) is 1.27. The van der Waals surface area contributed by atoms with Crippen molar-refractivity contribution in [3.63, 3.8) is 0 Å². The van der Waals surface area contributed by atoms with E-state index in [0.717, 1.165) is 12.8 Å².